The van der Waals surface area contributed by atoms with Gasteiger partial charge in [0.2, 0.25) is 0 Å². The van der Waals surface area contributed by atoms with Crippen molar-refractivity contribution in [1.82, 2.24) is 5.32 Å². The molecule has 0 radical (unpaired) electrons. The highest BCUT2D eigenvalue weighted by atomic mass is 15.0. The molecule has 1 saturated heterocycles. The maximum Gasteiger partial charge on any atom is 0.0182 e. The van der Waals surface area contributed by atoms with Gasteiger partial charge in [0.1, 0.15) is 0 Å². The summed E-state index contributed by atoms with van der Waals surface area (Å²) >= 11 is 0. The Morgan fingerprint density at radius 1 is 0.667 bits per heavy atom. The summed E-state index contributed by atoms with van der Waals surface area (Å²) in [7, 11) is 0. The smallest absolute Gasteiger partial charge is 0.0182 e. The largest absolute Gasteiger partial charge is 0.311 e. The van der Waals surface area contributed by atoms with Crippen LogP contribution in [-0.4, -0.2) is 12.1 Å². The molecule has 1 aliphatic rings. The Kier molecular flexibility index (Phi) is 11.3. The van der Waals surface area contributed by atoms with E-state index in [4.69, 9.17) is 0 Å². The first kappa shape index (κ1) is 19.0. The first-order valence-corrected chi connectivity index (χ1v) is 10.1. The van der Waals surface area contributed by atoms with Crippen molar-refractivity contribution in [3.05, 3.63) is 0 Å². The van der Waals surface area contributed by atoms with E-state index in [-0.39, 0.29) is 0 Å². The molecule has 0 aromatic heterocycles. The van der Waals surface area contributed by atoms with Crippen molar-refractivity contribution in [3.63, 3.8) is 0 Å². The summed E-state index contributed by atoms with van der Waals surface area (Å²) in [5, 5.41) is 3.87. The van der Waals surface area contributed by atoms with E-state index in [0.717, 1.165) is 0 Å². The SMILES string of the molecule is CCCCCCCCCC1(CCCCCCC)CCCN1. The molecular formula is C20H41N. The zero-order chi connectivity index (χ0) is 15.2. The minimum absolute atomic E-state index is 0.537. The Balaban J connectivity index is 2.08. The van der Waals surface area contributed by atoms with Crippen LogP contribution in [0.5, 0.6) is 0 Å². The zero-order valence-corrected chi connectivity index (χ0v) is 15.0. The van der Waals surface area contributed by atoms with Gasteiger partial charge >= 0.3 is 0 Å². The number of nitrogens with one attached hydrogen (secondary N) is 1. The van der Waals surface area contributed by atoms with Crippen molar-refractivity contribution in [3.8, 4) is 0 Å². The molecule has 0 aromatic rings. The second kappa shape index (κ2) is 12.5. The van der Waals surface area contributed by atoms with Crippen LogP contribution in [0.25, 0.3) is 0 Å². The van der Waals surface area contributed by atoms with E-state index in [1.807, 2.05) is 0 Å². The first-order chi connectivity index (χ1) is 10.3. The molecule has 21 heavy (non-hydrogen) atoms. The Labute approximate surface area is 134 Å². The molecule has 0 amide bonds. The van der Waals surface area contributed by atoms with E-state index >= 15 is 0 Å². The van der Waals surface area contributed by atoms with Crippen molar-refractivity contribution >= 4 is 0 Å². The molecule has 1 heteroatoms. The highest BCUT2D eigenvalue weighted by molar-refractivity contribution is 4.92. The van der Waals surface area contributed by atoms with Crippen LogP contribution >= 0.6 is 0 Å². The molecule has 0 spiro atoms. The van der Waals surface area contributed by atoms with Crippen LogP contribution in [0.1, 0.15) is 117 Å². The number of hydrogen-bond acceptors (Lipinski definition) is 1. The van der Waals surface area contributed by atoms with Gasteiger partial charge in [-0.05, 0) is 32.2 Å². The Morgan fingerprint density at radius 2 is 1.14 bits per heavy atom. The van der Waals surface area contributed by atoms with E-state index in [0.29, 0.717) is 5.54 Å². The fraction of sp³-hybridized carbons (Fsp3) is 1.00. The van der Waals surface area contributed by atoms with Crippen molar-refractivity contribution in [2.75, 3.05) is 6.54 Å². The monoisotopic (exact) mass is 295 g/mol. The molecule has 0 aromatic carbocycles. The molecule has 0 bridgehead atoms. The van der Waals surface area contributed by atoms with Crippen LogP contribution in [0.4, 0.5) is 0 Å². The first-order valence-electron chi connectivity index (χ1n) is 10.1. The Morgan fingerprint density at radius 3 is 1.57 bits per heavy atom. The molecule has 126 valence electrons. The molecule has 1 N–H and O–H groups in total. The highest BCUT2D eigenvalue weighted by Crippen LogP contribution is 2.31. The maximum absolute atomic E-state index is 3.87. The molecule has 1 atom stereocenters. The van der Waals surface area contributed by atoms with Crippen molar-refractivity contribution in [2.24, 2.45) is 0 Å². The van der Waals surface area contributed by atoms with Crippen molar-refractivity contribution in [2.45, 2.75) is 122 Å². The lowest BCUT2D eigenvalue weighted by Crippen LogP contribution is -2.39. The summed E-state index contributed by atoms with van der Waals surface area (Å²) in [5.74, 6) is 0. The molecule has 1 nitrogen and oxygen atoms in total. The number of unbranched alkanes of at least 4 members (excludes halogenated alkanes) is 10. The van der Waals surface area contributed by atoms with Crippen LogP contribution in [0.2, 0.25) is 0 Å². The van der Waals surface area contributed by atoms with E-state index in [9.17, 15) is 0 Å². The van der Waals surface area contributed by atoms with Gasteiger partial charge in [-0.2, -0.15) is 0 Å². The summed E-state index contributed by atoms with van der Waals surface area (Å²) in [6.07, 6.45) is 23.0. The molecule has 1 rings (SSSR count). The molecule has 1 aliphatic heterocycles. The number of rotatable bonds is 14. The van der Waals surface area contributed by atoms with E-state index in [1.54, 1.807) is 0 Å². The van der Waals surface area contributed by atoms with E-state index in [1.165, 1.54) is 109 Å². The molecule has 1 heterocycles. The second-order valence-electron chi connectivity index (χ2n) is 7.35. The minimum Gasteiger partial charge on any atom is -0.311 e. The lowest BCUT2D eigenvalue weighted by molar-refractivity contribution is 0.298. The molecule has 0 saturated carbocycles. The van der Waals surface area contributed by atoms with Crippen LogP contribution < -0.4 is 5.32 Å². The van der Waals surface area contributed by atoms with Gasteiger partial charge in [-0.25, -0.2) is 0 Å². The van der Waals surface area contributed by atoms with Gasteiger partial charge in [0, 0.05) is 5.54 Å². The fourth-order valence-electron chi connectivity index (χ4n) is 3.91. The zero-order valence-electron chi connectivity index (χ0n) is 15.0. The van der Waals surface area contributed by atoms with Gasteiger partial charge < -0.3 is 5.32 Å². The molecule has 0 aliphatic carbocycles. The van der Waals surface area contributed by atoms with Gasteiger partial charge in [-0.15, -0.1) is 0 Å². The minimum atomic E-state index is 0.537. The molecular weight excluding hydrogens is 254 g/mol. The Bertz CT molecular complexity index is 218. The standard InChI is InChI=1S/C20H41N/c1-3-5-7-9-10-12-14-17-20(18-15-19-21-20)16-13-11-8-6-4-2/h21H,3-19H2,1-2H3. The normalized spacial score (nSPS) is 22.0. The number of hydrogen-bond donors (Lipinski definition) is 1. The van der Waals surface area contributed by atoms with E-state index in [2.05, 4.69) is 19.2 Å². The van der Waals surface area contributed by atoms with Gasteiger partial charge in [0.25, 0.3) is 0 Å². The maximum atomic E-state index is 3.87. The van der Waals surface area contributed by atoms with Gasteiger partial charge in [-0.1, -0.05) is 90.9 Å². The van der Waals surface area contributed by atoms with Crippen LogP contribution in [-0.2, 0) is 0 Å². The fourth-order valence-corrected chi connectivity index (χ4v) is 3.91. The van der Waals surface area contributed by atoms with Crippen LogP contribution in [0.3, 0.4) is 0 Å². The summed E-state index contributed by atoms with van der Waals surface area (Å²) in [5.41, 5.74) is 0.537. The highest BCUT2D eigenvalue weighted by Gasteiger charge is 2.31. The van der Waals surface area contributed by atoms with E-state index < -0.39 is 0 Å². The average Bonchev–Trinajstić information content (AvgIpc) is 2.95. The third-order valence-corrected chi connectivity index (χ3v) is 5.35. The van der Waals surface area contributed by atoms with Crippen LogP contribution in [0, 0.1) is 0 Å². The summed E-state index contributed by atoms with van der Waals surface area (Å²) in [6, 6.07) is 0. The average molecular weight is 296 g/mol. The van der Waals surface area contributed by atoms with Crippen LogP contribution in [0.15, 0.2) is 0 Å². The Hall–Kier alpha value is -0.0400. The third-order valence-electron chi connectivity index (χ3n) is 5.35. The lowest BCUT2D eigenvalue weighted by atomic mass is 9.85. The topological polar surface area (TPSA) is 12.0 Å². The summed E-state index contributed by atoms with van der Waals surface area (Å²) in [4.78, 5) is 0. The van der Waals surface area contributed by atoms with Crippen molar-refractivity contribution < 1.29 is 0 Å². The molecule has 1 fully saturated rings. The second-order valence-corrected chi connectivity index (χ2v) is 7.35. The molecule has 1 unspecified atom stereocenters. The predicted octanol–water partition coefficient (Wildman–Crippen LogP) is 6.61. The summed E-state index contributed by atoms with van der Waals surface area (Å²) in [6.45, 7) is 5.88. The van der Waals surface area contributed by atoms with Gasteiger partial charge in [0.15, 0.2) is 0 Å². The lowest BCUT2D eigenvalue weighted by Gasteiger charge is -2.30. The van der Waals surface area contributed by atoms with Crippen molar-refractivity contribution in [1.29, 1.82) is 0 Å². The predicted molar refractivity (Wildman–Crippen MR) is 96.0 cm³/mol. The summed E-state index contributed by atoms with van der Waals surface area (Å²) < 4.78 is 0. The van der Waals surface area contributed by atoms with Gasteiger partial charge in [-0.3, -0.25) is 0 Å². The third kappa shape index (κ3) is 8.86. The quantitative estimate of drug-likeness (QED) is 0.355. The van der Waals surface area contributed by atoms with Gasteiger partial charge in [0.05, 0.1) is 0 Å².